The number of anilines is 2. The number of aromatic carboxylic acids is 1. The molecule has 0 spiro atoms. The average molecular weight is 529 g/mol. The lowest BCUT2D eigenvalue weighted by Gasteiger charge is -2.29. The van der Waals surface area contributed by atoms with E-state index in [4.69, 9.17) is 14.6 Å². The van der Waals surface area contributed by atoms with Gasteiger partial charge in [0.05, 0.1) is 61.3 Å². The van der Waals surface area contributed by atoms with Crippen LogP contribution >= 0.6 is 0 Å². The van der Waals surface area contributed by atoms with Gasteiger partial charge in [-0.25, -0.2) is 14.5 Å². The van der Waals surface area contributed by atoms with Crippen LogP contribution in [0, 0.1) is 0 Å². The van der Waals surface area contributed by atoms with Gasteiger partial charge in [0.15, 0.2) is 11.3 Å². The number of carbonyl (C=O) groups is 1. The quantitative estimate of drug-likeness (QED) is 0.398. The molecule has 4 aromatic rings. The molecule has 5 heterocycles. The molecule has 39 heavy (non-hydrogen) atoms. The molecule has 6 rings (SSSR count). The van der Waals surface area contributed by atoms with Crippen LogP contribution in [0.3, 0.4) is 0 Å². The van der Waals surface area contributed by atoms with Gasteiger partial charge in [-0.15, -0.1) is 0 Å². The highest BCUT2D eigenvalue weighted by atomic mass is 16.5. The highest BCUT2D eigenvalue weighted by Gasteiger charge is 2.24. The Bertz CT molecular complexity index is 1490. The normalized spacial score (nSPS) is 16.3. The number of pyridine rings is 2. The van der Waals surface area contributed by atoms with E-state index in [1.807, 2.05) is 24.4 Å². The lowest BCUT2D eigenvalue weighted by atomic mass is 9.97. The van der Waals surface area contributed by atoms with Gasteiger partial charge in [-0.3, -0.25) is 4.98 Å². The number of hydrogen-bond donors (Lipinski definition) is 1. The first-order chi connectivity index (χ1) is 19.0. The Morgan fingerprint density at radius 1 is 0.872 bits per heavy atom. The van der Waals surface area contributed by atoms with Crippen molar-refractivity contribution in [2.45, 2.75) is 19.8 Å². The summed E-state index contributed by atoms with van der Waals surface area (Å²) in [6, 6.07) is 12.0. The van der Waals surface area contributed by atoms with Crippen molar-refractivity contribution in [3.63, 3.8) is 0 Å². The van der Waals surface area contributed by atoms with Gasteiger partial charge < -0.3 is 24.4 Å². The predicted octanol–water partition coefficient (Wildman–Crippen LogP) is 3.98. The lowest BCUT2D eigenvalue weighted by Crippen LogP contribution is -2.36. The van der Waals surface area contributed by atoms with Gasteiger partial charge in [0.2, 0.25) is 0 Å². The molecule has 1 aromatic carbocycles. The Balaban J connectivity index is 1.49. The molecule has 0 aliphatic carbocycles. The summed E-state index contributed by atoms with van der Waals surface area (Å²) in [4.78, 5) is 25.8. The summed E-state index contributed by atoms with van der Waals surface area (Å²) in [5, 5.41) is 15.8. The number of carboxylic acids is 1. The fraction of sp³-hybridized carbons (Fsp3) is 0.379. The van der Waals surface area contributed by atoms with E-state index in [1.165, 1.54) is 0 Å². The molecular weight excluding hydrogens is 496 g/mol. The Hall–Kier alpha value is -4.02. The van der Waals surface area contributed by atoms with E-state index >= 15 is 0 Å². The second kappa shape index (κ2) is 10.6. The zero-order chi connectivity index (χ0) is 26.9. The third-order valence-corrected chi connectivity index (χ3v) is 7.32. The number of rotatable bonds is 6. The molecule has 3 aromatic heterocycles. The van der Waals surface area contributed by atoms with Crippen LogP contribution in [0.25, 0.3) is 27.8 Å². The first kappa shape index (κ1) is 25.3. The van der Waals surface area contributed by atoms with Crippen molar-refractivity contribution in [1.82, 2.24) is 19.7 Å². The minimum atomic E-state index is -1.08. The first-order valence-electron chi connectivity index (χ1n) is 13.4. The number of nitrogens with zero attached hydrogens (tertiary/aromatic N) is 6. The molecule has 10 heteroatoms. The van der Waals surface area contributed by atoms with Crippen LogP contribution < -0.4 is 9.80 Å². The SMILES string of the molecule is CC(C)c1nn(-c2cncc(N3CCOCC3)c2)c2nc(C(=O)O)cc(-c3ccc(N4CCOCC4)cc3)c12. The first-order valence-corrected chi connectivity index (χ1v) is 13.4. The summed E-state index contributed by atoms with van der Waals surface area (Å²) in [7, 11) is 0. The number of morpholine rings is 2. The maximum absolute atomic E-state index is 12.2. The average Bonchev–Trinajstić information content (AvgIpc) is 3.38. The van der Waals surface area contributed by atoms with E-state index in [0.29, 0.717) is 32.1 Å². The van der Waals surface area contributed by atoms with Crippen molar-refractivity contribution >= 4 is 28.4 Å². The van der Waals surface area contributed by atoms with Gasteiger partial charge in [-0.1, -0.05) is 26.0 Å². The molecular formula is C29H32N6O4. The molecule has 10 nitrogen and oxygen atoms in total. The highest BCUT2D eigenvalue weighted by Crippen LogP contribution is 2.36. The van der Waals surface area contributed by atoms with Crippen LogP contribution in [0.2, 0.25) is 0 Å². The van der Waals surface area contributed by atoms with Gasteiger partial charge in [0.25, 0.3) is 0 Å². The van der Waals surface area contributed by atoms with E-state index in [-0.39, 0.29) is 11.6 Å². The van der Waals surface area contributed by atoms with Gasteiger partial charge in [-0.2, -0.15) is 5.10 Å². The Labute approximate surface area is 226 Å². The van der Waals surface area contributed by atoms with Crippen molar-refractivity contribution in [2.24, 2.45) is 0 Å². The summed E-state index contributed by atoms with van der Waals surface area (Å²) in [6.07, 6.45) is 3.58. The Kier molecular flexibility index (Phi) is 6.88. The van der Waals surface area contributed by atoms with Crippen LogP contribution in [-0.4, -0.2) is 83.4 Å². The molecule has 2 fully saturated rings. The molecule has 0 amide bonds. The van der Waals surface area contributed by atoms with Crippen LogP contribution in [0.4, 0.5) is 11.4 Å². The molecule has 0 saturated carbocycles. The number of hydrogen-bond acceptors (Lipinski definition) is 8. The van der Waals surface area contributed by atoms with Gasteiger partial charge >= 0.3 is 5.97 Å². The standard InChI is InChI=1S/C29H32N6O4/c1-19(2)27-26-24(20-3-5-21(6-4-20)33-7-11-38-12-8-33)16-25(29(36)37)31-28(26)35(32-27)23-15-22(17-30-18-23)34-9-13-39-14-10-34/h3-6,15-19H,7-14H2,1-2H3,(H,36,37). The van der Waals surface area contributed by atoms with Crippen LogP contribution in [-0.2, 0) is 9.47 Å². The summed E-state index contributed by atoms with van der Waals surface area (Å²) in [6.45, 7) is 10.2. The van der Waals surface area contributed by atoms with Gasteiger partial charge in [0.1, 0.15) is 0 Å². The second-order valence-electron chi connectivity index (χ2n) is 10.2. The number of ether oxygens (including phenoxy) is 2. The molecule has 202 valence electrons. The van der Waals surface area contributed by atoms with Crippen LogP contribution in [0.5, 0.6) is 0 Å². The number of fused-ring (bicyclic) bond motifs is 1. The molecule has 2 saturated heterocycles. The number of aromatic nitrogens is 4. The van der Waals surface area contributed by atoms with Crippen molar-refractivity contribution in [2.75, 3.05) is 62.4 Å². The zero-order valence-electron chi connectivity index (χ0n) is 22.2. The fourth-order valence-corrected chi connectivity index (χ4v) is 5.26. The van der Waals surface area contributed by atoms with Gasteiger partial charge in [-0.05, 0) is 41.3 Å². The molecule has 2 aliphatic rings. The summed E-state index contributed by atoms with van der Waals surface area (Å²) < 4.78 is 12.7. The topological polar surface area (TPSA) is 106 Å². The summed E-state index contributed by atoms with van der Waals surface area (Å²) >= 11 is 0. The zero-order valence-corrected chi connectivity index (χ0v) is 22.2. The van der Waals surface area contributed by atoms with Crippen LogP contribution in [0.1, 0.15) is 35.9 Å². The summed E-state index contributed by atoms with van der Waals surface area (Å²) in [5.41, 5.74) is 5.89. The Morgan fingerprint density at radius 2 is 1.49 bits per heavy atom. The molecule has 2 aliphatic heterocycles. The van der Waals surface area contributed by atoms with Crippen molar-refractivity contribution < 1.29 is 19.4 Å². The van der Waals surface area contributed by atoms with E-state index < -0.39 is 5.97 Å². The molecule has 0 unspecified atom stereocenters. The summed E-state index contributed by atoms with van der Waals surface area (Å²) in [5.74, 6) is -0.991. The predicted molar refractivity (Wildman–Crippen MR) is 149 cm³/mol. The molecule has 0 atom stereocenters. The maximum Gasteiger partial charge on any atom is 0.354 e. The number of carboxylic acid groups (broad SMARTS) is 1. The smallest absolute Gasteiger partial charge is 0.354 e. The third-order valence-electron chi connectivity index (χ3n) is 7.32. The monoisotopic (exact) mass is 528 g/mol. The number of benzene rings is 1. The van der Waals surface area contributed by atoms with E-state index in [9.17, 15) is 9.90 Å². The van der Waals surface area contributed by atoms with Crippen LogP contribution in [0.15, 0.2) is 48.8 Å². The largest absolute Gasteiger partial charge is 0.477 e. The van der Waals surface area contributed by atoms with Crippen molar-refractivity contribution in [3.05, 3.63) is 60.2 Å². The lowest BCUT2D eigenvalue weighted by molar-refractivity contribution is 0.0691. The van der Waals surface area contributed by atoms with Gasteiger partial charge in [0, 0.05) is 31.9 Å². The fourth-order valence-electron chi connectivity index (χ4n) is 5.26. The third kappa shape index (κ3) is 4.93. The second-order valence-corrected chi connectivity index (χ2v) is 10.2. The minimum Gasteiger partial charge on any atom is -0.477 e. The van der Waals surface area contributed by atoms with Crippen molar-refractivity contribution in [3.8, 4) is 16.8 Å². The van der Waals surface area contributed by atoms with E-state index in [0.717, 1.165) is 65.4 Å². The molecule has 0 radical (unpaired) electrons. The molecule has 1 N–H and O–H groups in total. The highest BCUT2D eigenvalue weighted by molar-refractivity contribution is 6.00. The van der Waals surface area contributed by atoms with E-state index in [2.05, 4.69) is 45.7 Å². The molecule has 0 bridgehead atoms. The van der Waals surface area contributed by atoms with Crippen molar-refractivity contribution in [1.29, 1.82) is 0 Å². The Morgan fingerprint density at radius 3 is 2.10 bits per heavy atom. The minimum absolute atomic E-state index is 0.0245. The maximum atomic E-state index is 12.2. The van der Waals surface area contributed by atoms with E-state index in [1.54, 1.807) is 16.9 Å².